The van der Waals surface area contributed by atoms with Gasteiger partial charge in [-0.05, 0) is 40.3 Å². The monoisotopic (exact) mass is 397 g/mol. The van der Waals surface area contributed by atoms with Gasteiger partial charge in [0.25, 0.3) is 0 Å². The molecule has 0 atom stereocenters. The first-order valence-corrected chi connectivity index (χ1v) is 7.82. The predicted molar refractivity (Wildman–Crippen MR) is 89.0 cm³/mol. The van der Waals surface area contributed by atoms with E-state index in [4.69, 9.17) is 16.4 Å². The number of alkyl halides is 3. The lowest BCUT2D eigenvalue weighted by Gasteiger charge is -2.19. The molecule has 0 bridgehead atoms. The Labute approximate surface area is 155 Å². The van der Waals surface area contributed by atoms with Gasteiger partial charge in [-0.3, -0.25) is 4.79 Å². The second kappa shape index (κ2) is 7.23. The van der Waals surface area contributed by atoms with Gasteiger partial charge in [-0.15, -0.1) is 5.10 Å². The van der Waals surface area contributed by atoms with Crippen LogP contribution in [0.2, 0.25) is 5.02 Å². The molecule has 0 saturated heterocycles. The first-order chi connectivity index (χ1) is 12.8. The maximum absolute atomic E-state index is 13.6. The van der Waals surface area contributed by atoms with Crippen molar-refractivity contribution in [2.45, 2.75) is 13.1 Å². The number of carbonyl (C=O) groups excluding carboxylic acids is 1. The highest BCUT2D eigenvalue weighted by atomic mass is 35.5. The molecule has 0 saturated carbocycles. The third kappa shape index (κ3) is 4.00. The number of hydroxylamine groups is 1. The van der Waals surface area contributed by atoms with Crippen LogP contribution in [0.5, 0.6) is 5.75 Å². The maximum atomic E-state index is 13.6. The van der Waals surface area contributed by atoms with E-state index in [0.717, 1.165) is 6.07 Å². The zero-order chi connectivity index (χ0) is 19.6. The van der Waals surface area contributed by atoms with Crippen LogP contribution in [0.1, 0.15) is 12.5 Å². The zero-order valence-electron chi connectivity index (χ0n) is 13.7. The molecule has 0 spiro atoms. The molecule has 0 radical (unpaired) electrons. The number of nitrogens with zero attached hydrogens (tertiary/aromatic N) is 4. The highest BCUT2D eigenvalue weighted by molar-refractivity contribution is 6.30. The highest BCUT2D eigenvalue weighted by Crippen LogP contribution is 2.43. The summed E-state index contributed by atoms with van der Waals surface area (Å²) in [6.45, 7) is 1.20. The summed E-state index contributed by atoms with van der Waals surface area (Å²) < 4.78 is 42.0. The average Bonchev–Trinajstić information content (AvgIpc) is 3.13. The largest absolute Gasteiger partial charge is 0.417 e. The van der Waals surface area contributed by atoms with Crippen LogP contribution >= 0.6 is 11.6 Å². The number of halogens is 4. The SMILES string of the molecule is CC(=O)NOc1cccc(-n2cnnn2)c1-c1ccc(Cl)cc1C(F)(F)F. The minimum atomic E-state index is -4.68. The first-order valence-electron chi connectivity index (χ1n) is 7.44. The number of amides is 1. The third-order valence-electron chi connectivity index (χ3n) is 3.46. The van der Waals surface area contributed by atoms with Crippen molar-refractivity contribution < 1.29 is 22.8 Å². The maximum Gasteiger partial charge on any atom is 0.417 e. The van der Waals surface area contributed by atoms with Crippen molar-refractivity contribution in [2.24, 2.45) is 0 Å². The van der Waals surface area contributed by atoms with Gasteiger partial charge in [-0.25, -0.2) is 0 Å². The summed E-state index contributed by atoms with van der Waals surface area (Å²) in [5.41, 5.74) is 1.18. The Hall–Kier alpha value is -3.14. The Morgan fingerprint density at radius 1 is 1.26 bits per heavy atom. The van der Waals surface area contributed by atoms with Crippen molar-refractivity contribution in [1.29, 1.82) is 0 Å². The summed E-state index contributed by atoms with van der Waals surface area (Å²) in [5, 5.41) is 10.7. The van der Waals surface area contributed by atoms with Crippen molar-refractivity contribution in [2.75, 3.05) is 0 Å². The van der Waals surface area contributed by atoms with Gasteiger partial charge in [0.05, 0.1) is 16.8 Å². The molecule has 3 rings (SSSR count). The molecule has 1 heterocycles. The normalized spacial score (nSPS) is 11.3. The zero-order valence-corrected chi connectivity index (χ0v) is 14.4. The van der Waals surface area contributed by atoms with E-state index in [-0.39, 0.29) is 27.6 Å². The van der Waals surface area contributed by atoms with Crippen molar-refractivity contribution in [3.05, 3.63) is 53.3 Å². The number of rotatable bonds is 4. The van der Waals surface area contributed by atoms with Gasteiger partial charge in [0.2, 0.25) is 5.91 Å². The molecule has 2 aromatic carbocycles. The smallest absolute Gasteiger partial charge is 0.379 e. The fourth-order valence-corrected chi connectivity index (χ4v) is 2.61. The number of hydrogen-bond donors (Lipinski definition) is 1. The Kier molecular flexibility index (Phi) is 5.00. The van der Waals surface area contributed by atoms with Crippen LogP contribution in [0.25, 0.3) is 16.8 Å². The van der Waals surface area contributed by atoms with E-state index >= 15 is 0 Å². The van der Waals surface area contributed by atoms with E-state index < -0.39 is 17.6 Å². The lowest BCUT2D eigenvalue weighted by Crippen LogP contribution is -2.24. The van der Waals surface area contributed by atoms with E-state index in [2.05, 4.69) is 21.0 Å². The second-order valence-electron chi connectivity index (χ2n) is 5.35. The molecule has 1 N–H and O–H groups in total. The number of tetrazole rings is 1. The molecular formula is C16H11ClF3N5O2. The summed E-state index contributed by atoms with van der Waals surface area (Å²) >= 11 is 5.77. The van der Waals surface area contributed by atoms with Crippen molar-refractivity contribution in [3.8, 4) is 22.6 Å². The highest BCUT2D eigenvalue weighted by Gasteiger charge is 2.35. The summed E-state index contributed by atoms with van der Waals surface area (Å²) in [5.74, 6) is -0.549. The summed E-state index contributed by atoms with van der Waals surface area (Å²) in [6, 6.07) is 7.81. The lowest BCUT2D eigenvalue weighted by atomic mass is 9.96. The van der Waals surface area contributed by atoms with Gasteiger partial charge in [0.1, 0.15) is 6.33 Å². The number of aromatic nitrogens is 4. The van der Waals surface area contributed by atoms with Gasteiger partial charge >= 0.3 is 6.18 Å². The van der Waals surface area contributed by atoms with E-state index in [1.807, 2.05) is 0 Å². The Bertz CT molecular complexity index is 977. The van der Waals surface area contributed by atoms with Gasteiger partial charge in [0, 0.05) is 11.9 Å². The minimum absolute atomic E-state index is 0.0222. The molecule has 0 aliphatic rings. The fraction of sp³-hybridized carbons (Fsp3) is 0.125. The molecule has 1 aromatic heterocycles. The summed E-state index contributed by atoms with van der Waals surface area (Å²) in [4.78, 5) is 16.4. The van der Waals surface area contributed by atoms with Crippen molar-refractivity contribution in [1.82, 2.24) is 25.7 Å². The third-order valence-corrected chi connectivity index (χ3v) is 3.70. The standard InChI is InChI=1S/C16H11ClF3N5O2/c1-9(26)22-27-14-4-2-3-13(25-8-21-23-24-25)15(14)11-6-5-10(17)7-12(11)16(18,19)20/h2-8H,1H3,(H,22,26). The molecule has 0 aliphatic heterocycles. The van der Waals surface area contributed by atoms with Crippen molar-refractivity contribution in [3.63, 3.8) is 0 Å². The molecule has 11 heteroatoms. The summed E-state index contributed by atoms with van der Waals surface area (Å²) in [6.07, 6.45) is -3.45. The van der Waals surface area contributed by atoms with Crippen LogP contribution in [0, 0.1) is 0 Å². The van der Waals surface area contributed by atoms with Gasteiger partial charge in [-0.2, -0.15) is 23.3 Å². The molecule has 1 amide bonds. The molecule has 27 heavy (non-hydrogen) atoms. The van der Waals surface area contributed by atoms with E-state index in [1.165, 1.54) is 48.3 Å². The Morgan fingerprint density at radius 3 is 2.67 bits per heavy atom. The van der Waals surface area contributed by atoms with Crippen LogP contribution in [-0.2, 0) is 11.0 Å². The number of nitrogens with one attached hydrogen (secondary N) is 1. The minimum Gasteiger partial charge on any atom is -0.379 e. The van der Waals surface area contributed by atoms with Crippen LogP contribution in [-0.4, -0.2) is 26.1 Å². The van der Waals surface area contributed by atoms with E-state index in [1.54, 1.807) is 0 Å². The van der Waals surface area contributed by atoms with Crippen LogP contribution in [0.15, 0.2) is 42.7 Å². The van der Waals surface area contributed by atoms with Crippen LogP contribution in [0.3, 0.4) is 0 Å². The number of carbonyl (C=O) groups is 1. The molecule has 0 aliphatic carbocycles. The van der Waals surface area contributed by atoms with E-state index in [0.29, 0.717) is 0 Å². The average molecular weight is 398 g/mol. The predicted octanol–water partition coefficient (Wildman–Crippen LogP) is 3.43. The molecule has 3 aromatic rings. The van der Waals surface area contributed by atoms with Gasteiger partial charge in [-0.1, -0.05) is 23.7 Å². The second-order valence-corrected chi connectivity index (χ2v) is 5.79. The molecular weight excluding hydrogens is 387 g/mol. The van der Waals surface area contributed by atoms with Crippen LogP contribution < -0.4 is 10.3 Å². The topological polar surface area (TPSA) is 81.9 Å². The molecule has 0 fully saturated rings. The fourth-order valence-electron chi connectivity index (χ4n) is 2.43. The van der Waals surface area contributed by atoms with Gasteiger partial charge < -0.3 is 4.84 Å². The molecule has 0 unspecified atom stereocenters. The molecule has 7 nitrogen and oxygen atoms in total. The Morgan fingerprint density at radius 2 is 2.04 bits per heavy atom. The number of hydrogen-bond acceptors (Lipinski definition) is 5. The first kappa shape index (κ1) is 18.6. The lowest BCUT2D eigenvalue weighted by molar-refractivity contribution is -0.137. The summed E-state index contributed by atoms with van der Waals surface area (Å²) in [7, 11) is 0. The molecule has 140 valence electrons. The quantitative estimate of drug-likeness (QED) is 0.682. The number of benzene rings is 2. The van der Waals surface area contributed by atoms with Crippen LogP contribution in [0.4, 0.5) is 13.2 Å². The van der Waals surface area contributed by atoms with Gasteiger partial charge in [0.15, 0.2) is 5.75 Å². The van der Waals surface area contributed by atoms with Crippen molar-refractivity contribution >= 4 is 17.5 Å². The van der Waals surface area contributed by atoms with E-state index in [9.17, 15) is 18.0 Å². The Balaban J connectivity index is 2.29.